The molecule has 0 aliphatic carbocycles. The van der Waals surface area contributed by atoms with Crippen LogP contribution in [-0.4, -0.2) is 64.3 Å². The van der Waals surface area contributed by atoms with Gasteiger partial charge < -0.3 is 15.5 Å². The summed E-state index contributed by atoms with van der Waals surface area (Å²) in [5.41, 5.74) is 7.79. The van der Waals surface area contributed by atoms with E-state index in [1.165, 1.54) is 4.90 Å². The van der Waals surface area contributed by atoms with Crippen molar-refractivity contribution < 1.29 is 14.4 Å². The van der Waals surface area contributed by atoms with Crippen LogP contribution >= 0.6 is 11.6 Å². The fourth-order valence-corrected chi connectivity index (χ4v) is 3.96. The summed E-state index contributed by atoms with van der Waals surface area (Å²) in [6, 6.07) is 4.22. The molecule has 2 N–H and O–H groups in total. The number of likely N-dealkylation sites (N-methyl/N-ethyl adjacent to an activating group) is 1. The van der Waals surface area contributed by atoms with Crippen LogP contribution < -0.4 is 10.6 Å². The third-order valence-electron chi connectivity index (χ3n) is 5.18. The summed E-state index contributed by atoms with van der Waals surface area (Å²) in [5.74, 6) is -0.719. The van der Waals surface area contributed by atoms with E-state index < -0.39 is 36.6 Å². The monoisotopic (exact) mass is 402 g/mol. The van der Waals surface area contributed by atoms with Gasteiger partial charge in [0.15, 0.2) is 12.2 Å². The average Bonchev–Trinajstić information content (AvgIpc) is 3.14. The Morgan fingerprint density at radius 3 is 2.68 bits per heavy atom. The molecule has 1 saturated heterocycles. The van der Waals surface area contributed by atoms with Crippen molar-refractivity contribution in [1.82, 2.24) is 14.7 Å². The van der Waals surface area contributed by atoms with E-state index in [0.29, 0.717) is 11.0 Å². The van der Waals surface area contributed by atoms with Crippen molar-refractivity contribution in [3.05, 3.63) is 40.7 Å². The quantitative estimate of drug-likeness (QED) is 0.814. The fourth-order valence-electron chi connectivity index (χ4n) is 3.79. The molecule has 1 fully saturated rings. The number of nitrogens with two attached hydrogens (primary N) is 1. The Balaban J connectivity index is 1.75. The van der Waals surface area contributed by atoms with Crippen molar-refractivity contribution in [1.29, 1.82) is 0 Å². The highest BCUT2D eigenvalue weighted by atomic mass is 35.5. The third kappa shape index (κ3) is 2.46. The normalized spacial score (nSPS) is 23.7. The number of primary amides is 1. The molecule has 3 aliphatic rings. The molecule has 1 aromatic rings. The number of allylic oxidation sites excluding steroid dienone is 1. The molecule has 0 radical (unpaired) electrons. The minimum absolute atomic E-state index is 0.464. The molecule has 0 spiro atoms. The number of anilines is 1. The van der Waals surface area contributed by atoms with E-state index in [4.69, 9.17) is 17.3 Å². The molecule has 10 heteroatoms. The molecular formula is C18H19ClN6O3. The van der Waals surface area contributed by atoms with E-state index in [0.717, 1.165) is 21.8 Å². The first kappa shape index (κ1) is 18.3. The summed E-state index contributed by atoms with van der Waals surface area (Å²) in [4.78, 5) is 47.4. The maximum atomic E-state index is 13.0. The summed E-state index contributed by atoms with van der Waals surface area (Å²) in [6.07, 6.45) is 1.12. The van der Waals surface area contributed by atoms with Crippen molar-refractivity contribution in [3.63, 3.8) is 0 Å². The number of carbonyl (C=O) groups is 3. The second-order valence-corrected chi connectivity index (χ2v) is 7.38. The molecule has 0 bridgehead atoms. The Hall–Kier alpha value is -3.07. The number of carbonyl (C=O) groups excluding carboxylic acids is 3. The highest BCUT2D eigenvalue weighted by Crippen LogP contribution is 2.38. The third-order valence-corrected chi connectivity index (χ3v) is 5.59. The number of nitrogens with zero attached hydrogens (tertiary/aromatic N) is 5. The highest BCUT2D eigenvalue weighted by Gasteiger charge is 2.54. The zero-order valence-electron chi connectivity index (χ0n) is 15.6. The summed E-state index contributed by atoms with van der Waals surface area (Å²) >= 11 is 6.28. The first-order chi connectivity index (χ1) is 13.2. The summed E-state index contributed by atoms with van der Waals surface area (Å²) in [7, 11) is 1.55. The molecule has 1 aromatic carbocycles. The van der Waals surface area contributed by atoms with Gasteiger partial charge in [0, 0.05) is 24.0 Å². The average molecular weight is 403 g/mol. The lowest BCUT2D eigenvalue weighted by atomic mass is 10.1. The molecule has 3 aliphatic heterocycles. The molecule has 2 unspecified atom stereocenters. The van der Waals surface area contributed by atoms with Gasteiger partial charge in [-0.2, -0.15) is 0 Å². The number of imide groups is 1. The Morgan fingerprint density at radius 2 is 2.00 bits per heavy atom. The second kappa shape index (κ2) is 6.23. The minimum atomic E-state index is -0.753. The molecule has 3 heterocycles. The molecule has 28 heavy (non-hydrogen) atoms. The van der Waals surface area contributed by atoms with Crippen LogP contribution in [0.3, 0.4) is 0 Å². The van der Waals surface area contributed by atoms with Crippen molar-refractivity contribution in [3.8, 4) is 0 Å². The van der Waals surface area contributed by atoms with Gasteiger partial charge in [0.2, 0.25) is 11.9 Å². The Kier molecular flexibility index (Phi) is 4.07. The maximum absolute atomic E-state index is 13.0. The predicted molar refractivity (Wildman–Crippen MR) is 103 cm³/mol. The molecule has 146 valence electrons. The van der Waals surface area contributed by atoms with Crippen LogP contribution in [0, 0.1) is 6.92 Å². The first-order valence-corrected chi connectivity index (χ1v) is 9.06. The van der Waals surface area contributed by atoms with Gasteiger partial charge >= 0.3 is 6.03 Å². The van der Waals surface area contributed by atoms with Gasteiger partial charge in [0.05, 0.1) is 5.69 Å². The lowest BCUT2D eigenvalue weighted by molar-refractivity contribution is -0.139. The van der Waals surface area contributed by atoms with Gasteiger partial charge in [-0.1, -0.05) is 17.7 Å². The zero-order valence-corrected chi connectivity index (χ0v) is 16.3. The van der Waals surface area contributed by atoms with Gasteiger partial charge in [-0.25, -0.2) is 9.79 Å². The van der Waals surface area contributed by atoms with Gasteiger partial charge in [0.1, 0.15) is 6.54 Å². The number of halogens is 1. The molecule has 0 saturated carbocycles. The van der Waals surface area contributed by atoms with Crippen LogP contribution in [0.4, 0.5) is 10.5 Å². The number of urea groups is 1. The van der Waals surface area contributed by atoms with E-state index in [1.807, 2.05) is 37.1 Å². The number of benzene rings is 1. The van der Waals surface area contributed by atoms with Crippen molar-refractivity contribution in [2.45, 2.75) is 26.1 Å². The smallest absolute Gasteiger partial charge is 0.328 e. The number of guanidine groups is 1. The molecule has 4 amide bonds. The molecule has 2 atom stereocenters. The summed E-state index contributed by atoms with van der Waals surface area (Å²) in [6.45, 7) is 3.35. The summed E-state index contributed by atoms with van der Waals surface area (Å²) in [5, 5.41) is 0.621. The Morgan fingerprint density at radius 1 is 1.29 bits per heavy atom. The second-order valence-electron chi connectivity index (χ2n) is 6.97. The van der Waals surface area contributed by atoms with Crippen molar-refractivity contribution in [2.75, 3.05) is 18.5 Å². The summed E-state index contributed by atoms with van der Waals surface area (Å²) < 4.78 is 0. The first-order valence-electron chi connectivity index (χ1n) is 8.68. The van der Waals surface area contributed by atoms with Crippen LogP contribution in [0.1, 0.15) is 12.5 Å². The van der Waals surface area contributed by atoms with Gasteiger partial charge in [-0.05, 0) is 31.5 Å². The van der Waals surface area contributed by atoms with Gasteiger partial charge in [0.25, 0.3) is 5.91 Å². The number of amides is 4. The van der Waals surface area contributed by atoms with E-state index in [-0.39, 0.29) is 0 Å². The topological polar surface area (TPSA) is 103 Å². The molecule has 4 rings (SSSR count). The standard InChI is InChI=1S/C18H19ClN6O3/c1-9-7-23-14-15(22(3)18(28)24(16(14)27)8-13(20)26)21-17(23)25(9)12-6-4-5-11(19)10(12)2/h4-7,14-15H,8H2,1-3H3,(H2,20,26). The Labute approximate surface area is 166 Å². The number of hydrogen-bond acceptors (Lipinski definition) is 6. The van der Waals surface area contributed by atoms with E-state index >= 15 is 0 Å². The zero-order chi connectivity index (χ0) is 20.3. The van der Waals surface area contributed by atoms with Crippen molar-refractivity contribution >= 4 is 41.1 Å². The largest absolute Gasteiger partial charge is 0.368 e. The van der Waals surface area contributed by atoms with Gasteiger partial charge in [-0.15, -0.1) is 0 Å². The van der Waals surface area contributed by atoms with Crippen LogP contribution in [0.25, 0.3) is 0 Å². The predicted octanol–water partition coefficient (Wildman–Crippen LogP) is 1.08. The number of rotatable bonds is 3. The molecule has 0 aromatic heterocycles. The van der Waals surface area contributed by atoms with E-state index in [2.05, 4.69) is 4.99 Å². The van der Waals surface area contributed by atoms with Crippen LogP contribution in [0.5, 0.6) is 0 Å². The van der Waals surface area contributed by atoms with E-state index in [9.17, 15) is 14.4 Å². The molecule has 9 nitrogen and oxygen atoms in total. The maximum Gasteiger partial charge on any atom is 0.328 e. The lowest BCUT2D eigenvalue weighted by Crippen LogP contribution is -2.65. The highest BCUT2D eigenvalue weighted by molar-refractivity contribution is 6.32. The molecular weight excluding hydrogens is 384 g/mol. The fraction of sp³-hybridized carbons (Fsp3) is 0.333. The van der Waals surface area contributed by atoms with Crippen LogP contribution in [-0.2, 0) is 9.59 Å². The van der Waals surface area contributed by atoms with E-state index in [1.54, 1.807) is 18.0 Å². The van der Waals surface area contributed by atoms with Gasteiger partial charge in [-0.3, -0.25) is 19.4 Å². The lowest BCUT2D eigenvalue weighted by Gasteiger charge is -2.39. The van der Waals surface area contributed by atoms with Crippen LogP contribution in [0.15, 0.2) is 35.1 Å². The number of fused-ring (bicyclic) bond motifs is 3. The number of hydrogen-bond donors (Lipinski definition) is 1. The SMILES string of the molecule is CC1=CN2C(=NC3C2C(=O)N(CC(N)=O)C(=O)N3C)N1c1cccc(Cl)c1C. The van der Waals surface area contributed by atoms with Crippen molar-refractivity contribution in [2.24, 2.45) is 10.7 Å². The minimum Gasteiger partial charge on any atom is -0.368 e. The van der Waals surface area contributed by atoms with Crippen LogP contribution in [0.2, 0.25) is 5.02 Å². The Bertz CT molecular complexity index is 974. The number of aliphatic imine (C=N–C) groups is 1.